The molecule has 0 saturated carbocycles. The van der Waals surface area contributed by atoms with Crippen LogP contribution in [-0.4, -0.2) is 4.57 Å². The van der Waals surface area contributed by atoms with Crippen molar-refractivity contribution in [2.75, 3.05) is 0 Å². The molecule has 0 bridgehead atoms. The highest BCUT2D eigenvalue weighted by atomic mass is 32.2. The van der Waals surface area contributed by atoms with E-state index in [1.807, 2.05) is 11.8 Å². The van der Waals surface area contributed by atoms with Crippen molar-refractivity contribution in [2.24, 2.45) is 7.05 Å². The molecule has 2 heteroatoms. The molecule has 0 atom stereocenters. The molecule has 0 saturated heterocycles. The maximum Gasteiger partial charge on any atom is 0.0491 e. The first-order valence-electron chi connectivity index (χ1n) is 6.04. The first-order valence-corrected chi connectivity index (χ1v) is 6.86. The number of nitrogens with zero attached hydrogens (tertiary/aromatic N) is 1. The van der Waals surface area contributed by atoms with Crippen molar-refractivity contribution < 1.29 is 0 Å². The van der Waals surface area contributed by atoms with Gasteiger partial charge < -0.3 is 4.57 Å². The number of para-hydroxylation sites is 1. The van der Waals surface area contributed by atoms with E-state index in [0.717, 1.165) is 0 Å². The van der Waals surface area contributed by atoms with Gasteiger partial charge in [0.2, 0.25) is 0 Å². The lowest BCUT2D eigenvalue weighted by molar-refractivity contribution is 0.900. The first kappa shape index (κ1) is 11.4. The molecule has 0 unspecified atom stereocenters. The molecule has 3 aromatic rings. The van der Waals surface area contributed by atoms with Crippen LogP contribution in [0.4, 0.5) is 0 Å². The van der Waals surface area contributed by atoms with E-state index in [1.165, 1.54) is 26.4 Å². The molecule has 2 aromatic carbocycles. The molecule has 0 fully saturated rings. The van der Waals surface area contributed by atoms with Gasteiger partial charge in [-0.2, -0.15) is 0 Å². The summed E-state index contributed by atoms with van der Waals surface area (Å²) in [5, 5.41) is 1.34. The lowest BCUT2D eigenvalue weighted by Crippen LogP contribution is -1.89. The van der Waals surface area contributed by atoms with Crippen LogP contribution < -0.4 is 0 Å². The van der Waals surface area contributed by atoms with Gasteiger partial charge in [0.1, 0.15) is 0 Å². The summed E-state index contributed by atoms with van der Waals surface area (Å²) in [6.45, 7) is 2.19. The molecule has 1 heterocycles. The number of aromatic nitrogens is 1. The van der Waals surface area contributed by atoms with Gasteiger partial charge in [-0.05, 0) is 25.1 Å². The highest BCUT2D eigenvalue weighted by Crippen LogP contribution is 2.37. The molecule has 0 aliphatic rings. The minimum Gasteiger partial charge on any atom is -0.347 e. The summed E-state index contributed by atoms with van der Waals surface area (Å²) >= 11 is 1.84. The number of aryl methyl sites for hydroxylation is 1. The van der Waals surface area contributed by atoms with Gasteiger partial charge in [0.25, 0.3) is 0 Å². The van der Waals surface area contributed by atoms with Crippen LogP contribution in [0.2, 0.25) is 0 Å². The van der Waals surface area contributed by atoms with Crippen LogP contribution in [0, 0.1) is 6.92 Å². The Morgan fingerprint density at radius 2 is 1.56 bits per heavy atom. The van der Waals surface area contributed by atoms with Gasteiger partial charge in [0.15, 0.2) is 0 Å². The van der Waals surface area contributed by atoms with E-state index in [1.54, 1.807) is 0 Å². The zero-order valence-electron chi connectivity index (χ0n) is 10.6. The van der Waals surface area contributed by atoms with E-state index < -0.39 is 0 Å². The fourth-order valence-electron chi connectivity index (χ4n) is 2.22. The number of benzene rings is 2. The van der Waals surface area contributed by atoms with Crippen LogP contribution >= 0.6 is 11.8 Å². The van der Waals surface area contributed by atoms with Gasteiger partial charge in [-0.15, -0.1) is 0 Å². The van der Waals surface area contributed by atoms with Crippen molar-refractivity contribution in [1.29, 1.82) is 0 Å². The van der Waals surface area contributed by atoms with Gasteiger partial charge >= 0.3 is 0 Å². The first-order chi connectivity index (χ1) is 8.77. The van der Waals surface area contributed by atoms with Crippen LogP contribution in [0.1, 0.15) is 5.69 Å². The van der Waals surface area contributed by atoms with E-state index >= 15 is 0 Å². The van der Waals surface area contributed by atoms with Crippen LogP contribution in [0.3, 0.4) is 0 Å². The summed E-state index contributed by atoms with van der Waals surface area (Å²) in [6, 6.07) is 19.1. The summed E-state index contributed by atoms with van der Waals surface area (Å²) in [5.41, 5.74) is 2.62. The standard InChI is InChI=1S/C16H15NS/c1-12-16(18-13-8-4-3-5-9-13)14-10-6-7-11-15(14)17(12)2/h3-11H,1-2H3. The van der Waals surface area contributed by atoms with Gasteiger partial charge in [-0.3, -0.25) is 0 Å². The molecule has 1 aromatic heterocycles. The highest BCUT2D eigenvalue weighted by molar-refractivity contribution is 7.99. The van der Waals surface area contributed by atoms with Crippen LogP contribution in [0.15, 0.2) is 64.4 Å². The zero-order valence-corrected chi connectivity index (χ0v) is 11.4. The molecule has 0 amide bonds. The molecular weight excluding hydrogens is 238 g/mol. The zero-order chi connectivity index (χ0) is 12.5. The monoisotopic (exact) mass is 253 g/mol. The Morgan fingerprint density at radius 3 is 2.33 bits per heavy atom. The number of rotatable bonds is 2. The molecule has 0 aliphatic carbocycles. The molecule has 1 nitrogen and oxygen atoms in total. The average Bonchev–Trinajstić information content (AvgIpc) is 2.66. The largest absolute Gasteiger partial charge is 0.347 e. The Balaban J connectivity index is 2.15. The summed E-state index contributed by atoms with van der Waals surface area (Å²) in [6.07, 6.45) is 0. The molecule has 3 rings (SSSR count). The summed E-state index contributed by atoms with van der Waals surface area (Å²) < 4.78 is 2.26. The van der Waals surface area contributed by atoms with Gasteiger partial charge in [0.05, 0.1) is 0 Å². The molecule has 0 spiro atoms. The Hall–Kier alpha value is -1.67. The SMILES string of the molecule is Cc1c(Sc2ccccc2)c2ccccc2n1C. The second-order valence-electron chi connectivity index (χ2n) is 4.41. The molecule has 0 N–H and O–H groups in total. The molecule has 18 heavy (non-hydrogen) atoms. The van der Waals surface area contributed by atoms with Crippen molar-refractivity contribution in [1.82, 2.24) is 4.57 Å². The van der Waals surface area contributed by atoms with E-state index in [9.17, 15) is 0 Å². The van der Waals surface area contributed by atoms with Gasteiger partial charge in [-0.25, -0.2) is 0 Å². The van der Waals surface area contributed by atoms with E-state index in [0.29, 0.717) is 0 Å². The van der Waals surface area contributed by atoms with Crippen molar-refractivity contribution in [3.8, 4) is 0 Å². The molecule has 0 aliphatic heterocycles. The lowest BCUT2D eigenvalue weighted by Gasteiger charge is -2.02. The van der Waals surface area contributed by atoms with E-state index in [2.05, 4.69) is 73.1 Å². The Labute approximate surface area is 111 Å². The Morgan fingerprint density at radius 1 is 0.889 bits per heavy atom. The Bertz CT molecular complexity index is 683. The summed E-state index contributed by atoms with van der Waals surface area (Å²) in [4.78, 5) is 2.65. The van der Waals surface area contributed by atoms with Crippen LogP contribution in [0.5, 0.6) is 0 Å². The minimum absolute atomic E-state index is 1.29. The molecule has 90 valence electrons. The van der Waals surface area contributed by atoms with E-state index in [-0.39, 0.29) is 0 Å². The third kappa shape index (κ3) is 1.83. The predicted octanol–water partition coefficient (Wildman–Crippen LogP) is 4.64. The fourth-order valence-corrected chi connectivity index (χ4v) is 3.32. The third-order valence-corrected chi connectivity index (χ3v) is 4.53. The van der Waals surface area contributed by atoms with Gasteiger partial charge in [0, 0.05) is 33.4 Å². The summed E-state index contributed by atoms with van der Waals surface area (Å²) in [5.74, 6) is 0. The normalized spacial score (nSPS) is 11.0. The van der Waals surface area contributed by atoms with Crippen LogP contribution in [-0.2, 0) is 7.05 Å². The quantitative estimate of drug-likeness (QED) is 0.644. The number of hydrogen-bond acceptors (Lipinski definition) is 1. The highest BCUT2D eigenvalue weighted by Gasteiger charge is 2.12. The molecule has 0 radical (unpaired) electrons. The maximum atomic E-state index is 2.26. The fraction of sp³-hybridized carbons (Fsp3) is 0.125. The number of hydrogen-bond donors (Lipinski definition) is 0. The van der Waals surface area contributed by atoms with Crippen molar-refractivity contribution in [3.05, 3.63) is 60.3 Å². The Kier molecular flexibility index (Phi) is 2.88. The van der Waals surface area contributed by atoms with Crippen molar-refractivity contribution in [2.45, 2.75) is 16.7 Å². The average molecular weight is 253 g/mol. The second kappa shape index (κ2) is 4.54. The predicted molar refractivity (Wildman–Crippen MR) is 78.2 cm³/mol. The topological polar surface area (TPSA) is 4.93 Å². The van der Waals surface area contributed by atoms with E-state index in [4.69, 9.17) is 0 Å². The third-order valence-electron chi connectivity index (χ3n) is 3.30. The lowest BCUT2D eigenvalue weighted by atomic mass is 10.2. The van der Waals surface area contributed by atoms with Crippen LogP contribution in [0.25, 0.3) is 10.9 Å². The van der Waals surface area contributed by atoms with Gasteiger partial charge in [-0.1, -0.05) is 48.2 Å². The minimum atomic E-state index is 1.29. The van der Waals surface area contributed by atoms with Crippen molar-refractivity contribution >= 4 is 22.7 Å². The van der Waals surface area contributed by atoms with Crippen molar-refractivity contribution in [3.63, 3.8) is 0 Å². The summed E-state index contributed by atoms with van der Waals surface area (Å²) in [7, 11) is 2.13. The number of fused-ring (bicyclic) bond motifs is 1. The second-order valence-corrected chi connectivity index (χ2v) is 5.49. The maximum absolute atomic E-state index is 2.26. The molecular formula is C16H15NS. The smallest absolute Gasteiger partial charge is 0.0491 e.